The van der Waals surface area contributed by atoms with E-state index in [9.17, 15) is 22.8 Å². The largest absolute Gasteiger partial charge is 0.416 e. The third kappa shape index (κ3) is 8.32. The van der Waals surface area contributed by atoms with Crippen molar-refractivity contribution in [1.82, 2.24) is 10.6 Å². The maximum Gasteiger partial charge on any atom is 0.416 e. The molecule has 2 amide bonds. The van der Waals surface area contributed by atoms with Gasteiger partial charge in [0.2, 0.25) is 11.8 Å². The number of rotatable bonds is 11. The molecule has 5 N–H and O–H groups in total. The second-order valence-electron chi connectivity index (χ2n) is 7.52. The molecule has 0 saturated heterocycles. The summed E-state index contributed by atoms with van der Waals surface area (Å²) in [5.74, 6) is -0.840. The molecule has 2 rings (SSSR count). The van der Waals surface area contributed by atoms with Crippen molar-refractivity contribution < 1.29 is 22.8 Å². The van der Waals surface area contributed by atoms with E-state index in [4.69, 9.17) is 5.73 Å². The van der Waals surface area contributed by atoms with Crippen LogP contribution in [0.2, 0.25) is 0 Å². The minimum atomic E-state index is -4.47. The Kier molecular flexibility index (Phi) is 9.67. The van der Waals surface area contributed by atoms with Crippen LogP contribution in [0, 0.1) is 6.92 Å². The van der Waals surface area contributed by atoms with Crippen LogP contribution in [0.1, 0.15) is 36.0 Å². The Balaban J connectivity index is 1.93. The molecule has 0 aliphatic carbocycles. The standard InChI is InChI=1S/C23H29F3N4O2/c1-16-9-11-18(12-10-16)29-22(32)20(8-4-5-13-27)30-21(31)15-28-14-17-6-2-3-7-19(17)23(24,25)26/h2-3,6-7,9-12,20,28H,4-5,8,13-15,27H2,1H3,(H,29,32)(H,30,31)/t20-/m0/s1. The molecule has 2 aromatic carbocycles. The molecule has 0 spiro atoms. The van der Waals surface area contributed by atoms with Crippen molar-refractivity contribution in [3.05, 3.63) is 65.2 Å². The summed E-state index contributed by atoms with van der Waals surface area (Å²) in [5, 5.41) is 8.16. The van der Waals surface area contributed by atoms with E-state index in [0.29, 0.717) is 31.5 Å². The van der Waals surface area contributed by atoms with Gasteiger partial charge in [0.25, 0.3) is 0 Å². The number of aryl methyl sites for hydroxylation is 1. The van der Waals surface area contributed by atoms with E-state index >= 15 is 0 Å². The fraction of sp³-hybridized carbons (Fsp3) is 0.391. The highest BCUT2D eigenvalue weighted by atomic mass is 19.4. The molecule has 1 atom stereocenters. The number of anilines is 1. The van der Waals surface area contributed by atoms with Crippen LogP contribution in [0.3, 0.4) is 0 Å². The monoisotopic (exact) mass is 450 g/mol. The molecule has 0 bridgehead atoms. The maximum absolute atomic E-state index is 13.1. The number of amides is 2. The number of carbonyl (C=O) groups excluding carboxylic acids is 2. The second-order valence-corrected chi connectivity index (χ2v) is 7.52. The van der Waals surface area contributed by atoms with Gasteiger partial charge in [0.05, 0.1) is 12.1 Å². The highest BCUT2D eigenvalue weighted by Crippen LogP contribution is 2.31. The predicted molar refractivity (Wildman–Crippen MR) is 118 cm³/mol. The molecule has 0 heterocycles. The summed E-state index contributed by atoms with van der Waals surface area (Å²) < 4.78 is 39.2. The molecule has 0 saturated carbocycles. The number of benzene rings is 2. The first-order valence-corrected chi connectivity index (χ1v) is 10.4. The number of nitrogens with two attached hydrogens (primary N) is 1. The van der Waals surface area contributed by atoms with Crippen LogP contribution < -0.4 is 21.7 Å². The molecule has 2 aromatic rings. The fourth-order valence-corrected chi connectivity index (χ4v) is 3.13. The number of halogens is 3. The number of hydrogen-bond donors (Lipinski definition) is 4. The molecule has 0 radical (unpaired) electrons. The molecule has 0 aromatic heterocycles. The number of unbranched alkanes of at least 4 members (excludes halogenated alkanes) is 1. The van der Waals surface area contributed by atoms with Crippen molar-refractivity contribution in [2.45, 2.75) is 44.9 Å². The lowest BCUT2D eigenvalue weighted by molar-refractivity contribution is -0.138. The Labute approximate surface area is 185 Å². The van der Waals surface area contributed by atoms with Crippen molar-refractivity contribution in [3.63, 3.8) is 0 Å². The van der Waals surface area contributed by atoms with E-state index in [2.05, 4.69) is 16.0 Å². The van der Waals surface area contributed by atoms with Crippen LogP contribution in [0.25, 0.3) is 0 Å². The third-order valence-corrected chi connectivity index (χ3v) is 4.84. The van der Waals surface area contributed by atoms with E-state index in [0.717, 1.165) is 11.6 Å². The SMILES string of the molecule is Cc1ccc(NC(=O)[C@H](CCCCN)NC(=O)CNCc2ccccc2C(F)(F)F)cc1. The Hall–Kier alpha value is -2.91. The zero-order valence-electron chi connectivity index (χ0n) is 18.0. The van der Waals surface area contributed by atoms with Gasteiger partial charge in [0.15, 0.2) is 0 Å². The minimum absolute atomic E-state index is 0.0457. The van der Waals surface area contributed by atoms with Crippen LogP contribution in [0.15, 0.2) is 48.5 Å². The average molecular weight is 451 g/mol. The molecule has 174 valence electrons. The normalized spacial score (nSPS) is 12.3. The first-order valence-electron chi connectivity index (χ1n) is 10.4. The van der Waals surface area contributed by atoms with E-state index in [-0.39, 0.29) is 24.6 Å². The summed E-state index contributed by atoms with van der Waals surface area (Å²) in [6.45, 7) is 2.05. The summed E-state index contributed by atoms with van der Waals surface area (Å²) in [4.78, 5) is 25.0. The van der Waals surface area contributed by atoms with Crippen molar-refractivity contribution in [2.75, 3.05) is 18.4 Å². The van der Waals surface area contributed by atoms with Crippen LogP contribution in [0.4, 0.5) is 18.9 Å². The van der Waals surface area contributed by atoms with Crippen LogP contribution >= 0.6 is 0 Å². The molecule has 0 fully saturated rings. The predicted octanol–water partition coefficient (Wildman–Crippen LogP) is 3.36. The quantitative estimate of drug-likeness (QED) is 0.395. The van der Waals surface area contributed by atoms with Crippen molar-refractivity contribution in [1.29, 1.82) is 0 Å². The van der Waals surface area contributed by atoms with Crippen LogP contribution in [-0.4, -0.2) is 30.9 Å². The first kappa shape index (κ1) is 25.4. The summed E-state index contributed by atoms with van der Waals surface area (Å²) in [5.41, 5.74) is 6.48. The van der Waals surface area contributed by atoms with Gasteiger partial charge in [-0.15, -0.1) is 0 Å². The van der Waals surface area contributed by atoms with Gasteiger partial charge in [-0.1, -0.05) is 35.9 Å². The van der Waals surface area contributed by atoms with Gasteiger partial charge >= 0.3 is 6.18 Å². The third-order valence-electron chi connectivity index (χ3n) is 4.84. The van der Waals surface area contributed by atoms with Gasteiger partial charge in [-0.25, -0.2) is 0 Å². The smallest absolute Gasteiger partial charge is 0.343 e. The lowest BCUT2D eigenvalue weighted by Crippen LogP contribution is -2.46. The molecule has 6 nitrogen and oxygen atoms in total. The zero-order valence-corrected chi connectivity index (χ0v) is 18.0. The van der Waals surface area contributed by atoms with E-state index in [1.165, 1.54) is 18.2 Å². The lowest BCUT2D eigenvalue weighted by Gasteiger charge is -2.19. The summed E-state index contributed by atoms with van der Waals surface area (Å²) in [7, 11) is 0. The van der Waals surface area contributed by atoms with Gasteiger partial charge in [0, 0.05) is 12.2 Å². The van der Waals surface area contributed by atoms with Gasteiger partial charge in [-0.05, 0) is 56.5 Å². The van der Waals surface area contributed by atoms with Gasteiger partial charge in [0.1, 0.15) is 6.04 Å². The van der Waals surface area contributed by atoms with Crippen LogP contribution in [0.5, 0.6) is 0 Å². The molecular formula is C23H29F3N4O2. The average Bonchev–Trinajstić information content (AvgIpc) is 2.74. The Morgan fingerprint density at radius 1 is 1.03 bits per heavy atom. The minimum Gasteiger partial charge on any atom is -0.343 e. The lowest BCUT2D eigenvalue weighted by atomic mass is 10.1. The molecular weight excluding hydrogens is 421 g/mol. The van der Waals surface area contributed by atoms with Gasteiger partial charge < -0.3 is 21.7 Å². The van der Waals surface area contributed by atoms with Crippen LogP contribution in [-0.2, 0) is 22.3 Å². The zero-order chi connectivity index (χ0) is 23.6. The number of nitrogens with one attached hydrogen (secondary N) is 3. The molecule has 0 aliphatic rings. The van der Waals surface area contributed by atoms with E-state index < -0.39 is 23.7 Å². The Morgan fingerprint density at radius 3 is 2.38 bits per heavy atom. The number of hydrogen-bond acceptors (Lipinski definition) is 4. The molecule has 32 heavy (non-hydrogen) atoms. The summed E-state index contributed by atoms with van der Waals surface area (Å²) in [6.07, 6.45) is -2.72. The van der Waals surface area contributed by atoms with Crippen molar-refractivity contribution in [3.8, 4) is 0 Å². The number of alkyl halides is 3. The van der Waals surface area contributed by atoms with Gasteiger partial charge in [-0.3, -0.25) is 9.59 Å². The molecule has 0 aliphatic heterocycles. The fourth-order valence-electron chi connectivity index (χ4n) is 3.13. The highest BCUT2D eigenvalue weighted by Gasteiger charge is 2.32. The second kappa shape index (κ2) is 12.2. The van der Waals surface area contributed by atoms with Gasteiger partial charge in [-0.2, -0.15) is 13.2 Å². The maximum atomic E-state index is 13.1. The van der Waals surface area contributed by atoms with Crippen molar-refractivity contribution >= 4 is 17.5 Å². The first-order chi connectivity index (χ1) is 15.2. The Bertz CT molecular complexity index is 886. The Morgan fingerprint density at radius 2 is 1.72 bits per heavy atom. The topological polar surface area (TPSA) is 96.2 Å². The number of carbonyl (C=O) groups is 2. The highest BCUT2D eigenvalue weighted by molar-refractivity contribution is 5.97. The van der Waals surface area contributed by atoms with E-state index in [1.807, 2.05) is 19.1 Å². The molecule has 9 heteroatoms. The summed E-state index contributed by atoms with van der Waals surface area (Å²) in [6, 6.07) is 11.7. The summed E-state index contributed by atoms with van der Waals surface area (Å²) >= 11 is 0. The molecule has 0 unspecified atom stereocenters. The van der Waals surface area contributed by atoms with Crippen molar-refractivity contribution in [2.24, 2.45) is 5.73 Å². The van der Waals surface area contributed by atoms with E-state index in [1.54, 1.807) is 12.1 Å².